The molecule has 1 amide bonds. The Kier molecular flexibility index (Phi) is 7.80. The molecule has 5 nitrogen and oxygen atoms in total. The van der Waals surface area contributed by atoms with Crippen LogP contribution in [0.1, 0.15) is 24.5 Å². The zero-order valence-corrected chi connectivity index (χ0v) is 15.7. The van der Waals surface area contributed by atoms with Crippen molar-refractivity contribution in [2.45, 2.75) is 26.2 Å². The van der Waals surface area contributed by atoms with Gasteiger partial charge in [0.1, 0.15) is 5.75 Å². The van der Waals surface area contributed by atoms with Crippen molar-refractivity contribution in [3.8, 4) is 17.2 Å². The Hall–Kier alpha value is -2.69. The molecule has 26 heavy (non-hydrogen) atoms. The maximum Gasteiger partial charge on any atom is 0.224 e. The van der Waals surface area contributed by atoms with Crippen molar-refractivity contribution in [3.63, 3.8) is 0 Å². The Morgan fingerprint density at radius 3 is 2.35 bits per heavy atom. The van der Waals surface area contributed by atoms with Crippen molar-refractivity contribution < 1.29 is 19.0 Å². The molecule has 0 bridgehead atoms. The van der Waals surface area contributed by atoms with Gasteiger partial charge in [-0.25, -0.2) is 0 Å². The summed E-state index contributed by atoms with van der Waals surface area (Å²) in [4.78, 5) is 12.0. The van der Waals surface area contributed by atoms with E-state index in [-0.39, 0.29) is 5.91 Å². The normalized spacial score (nSPS) is 10.3. The summed E-state index contributed by atoms with van der Waals surface area (Å²) in [5, 5.41) is 2.96. The summed E-state index contributed by atoms with van der Waals surface area (Å²) in [6.07, 6.45) is 2.11. The van der Waals surface area contributed by atoms with Gasteiger partial charge in [0.25, 0.3) is 0 Å². The fourth-order valence-corrected chi connectivity index (χ4v) is 2.65. The number of amides is 1. The molecule has 0 atom stereocenters. The summed E-state index contributed by atoms with van der Waals surface area (Å²) in [7, 11) is 3.27. The molecule has 2 rings (SSSR count). The number of aryl methyl sites for hydroxylation is 1. The van der Waals surface area contributed by atoms with Crippen LogP contribution in [-0.2, 0) is 17.6 Å². The topological polar surface area (TPSA) is 56.8 Å². The monoisotopic (exact) mass is 357 g/mol. The van der Waals surface area contributed by atoms with Gasteiger partial charge >= 0.3 is 0 Å². The first-order chi connectivity index (χ1) is 12.7. The molecule has 0 fully saturated rings. The lowest BCUT2D eigenvalue weighted by Gasteiger charge is -2.11. The van der Waals surface area contributed by atoms with Crippen molar-refractivity contribution in [1.82, 2.24) is 5.32 Å². The van der Waals surface area contributed by atoms with Gasteiger partial charge in [-0.2, -0.15) is 0 Å². The number of nitrogens with one attached hydrogen (secondary N) is 1. The van der Waals surface area contributed by atoms with Gasteiger partial charge in [0.15, 0.2) is 11.5 Å². The predicted molar refractivity (Wildman–Crippen MR) is 102 cm³/mol. The Morgan fingerprint density at radius 1 is 0.962 bits per heavy atom. The Balaban J connectivity index is 1.74. The first-order valence-electron chi connectivity index (χ1n) is 8.85. The standard InChI is InChI=1S/C21H27NO4/c1-4-26-19-12-9-16(14-20(19)25-3)6-5-13-22-21(23)15-17-7-10-18(24-2)11-8-17/h7-12,14H,4-6,13,15H2,1-3H3,(H,22,23). The summed E-state index contributed by atoms with van der Waals surface area (Å²) in [6, 6.07) is 13.5. The van der Waals surface area contributed by atoms with Gasteiger partial charge in [-0.1, -0.05) is 18.2 Å². The molecule has 0 heterocycles. The first kappa shape index (κ1) is 19.6. The van der Waals surface area contributed by atoms with Crippen LogP contribution in [0.15, 0.2) is 42.5 Å². The largest absolute Gasteiger partial charge is 0.497 e. The van der Waals surface area contributed by atoms with Gasteiger partial charge < -0.3 is 19.5 Å². The van der Waals surface area contributed by atoms with Crippen LogP contribution < -0.4 is 19.5 Å². The SMILES string of the molecule is CCOc1ccc(CCCNC(=O)Cc2ccc(OC)cc2)cc1OC. The third-order valence-corrected chi connectivity index (χ3v) is 4.02. The van der Waals surface area contributed by atoms with Crippen LogP contribution in [0, 0.1) is 0 Å². The quantitative estimate of drug-likeness (QED) is 0.662. The average Bonchev–Trinajstić information content (AvgIpc) is 2.67. The lowest BCUT2D eigenvalue weighted by atomic mass is 10.1. The van der Waals surface area contributed by atoms with Crippen LogP contribution in [0.2, 0.25) is 0 Å². The van der Waals surface area contributed by atoms with Crippen LogP contribution >= 0.6 is 0 Å². The molecule has 0 unspecified atom stereocenters. The zero-order chi connectivity index (χ0) is 18.8. The van der Waals surface area contributed by atoms with Crippen molar-refractivity contribution in [3.05, 3.63) is 53.6 Å². The summed E-state index contributed by atoms with van der Waals surface area (Å²) in [5.74, 6) is 2.32. The van der Waals surface area contributed by atoms with Crippen molar-refractivity contribution in [2.24, 2.45) is 0 Å². The van der Waals surface area contributed by atoms with Crippen LogP contribution in [0.25, 0.3) is 0 Å². The second kappa shape index (κ2) is 10.3. The molecule has 0 saturated heterocycles. The third-order valence-electron chi connectivity index (χ3n) is 4.02. The van der Waals surface area contributed by atoms with Gasteiger partial charge in [-0.05, 0) is 55.2 Å². The summed E-state index contributed by atoms with van der Waals surface area (Å²) in [5.41, 5.74) is 2.13. The third kappa shape index (κ3) is 5.99. The van der Waals surface area contributed by atoms with Crippen LogP contribution in [-0.4, -0.2) is 33.3 Å². The minimum absolute atomic E-state index is 0.0273. The van der Waals surface area contributed by atoms with Gasteiger partial charge in [0, 0.05) is 6.54 Å². The smallest absolute Gasteiger partial charge is 0.224 e. The van der Waals surface area contributed by atoms with Gasteiger partial charge in [0.2, 0.25) is 5.91 Å². The molecular weight excluding hydrogens is 330 g/mol. The zero-order valence-electron chi connectivity index (χ0n) is 15.7. The average molecular weight is 357 g/mol. The Labute approximate surface area is 155 Å². The van der Waals surface area contributed by atoms with Crippen LogP contribution in [0.3, 0.4) is 0 Å². The molecule has 0 spiro atoms. The highest BCUT2D eigenvalue weighted by Gasteiger charge is 2.06. The lowest BCUT2D eigenvalue weighted by Crippen LogP contribution is -2.26. The molecule has 0 aliphatic rings. The molecule has 0 aromatic heterocycles. The lowest BCUT2D eigenvalue weighted by molar-refractivity contribution is -0.120. The van der Waals surface area contributed by atoms with Crippen LogP contribution in [0.5, 0.6) is 17.2 Å². The Morgan fingerprint density at radius 2 is 1.69 bits per heavy atom. The van der Waals surface area contributed by atoms with E-state index >= 15 is 0 Å². The molecule has 5 heteroatoms. The number of benzene rings is 2. The number of carbonyl (C=O) groups is 1. The van der Waals surface area contributed by atoms with E-state index in [0.29, 0.717) is 19.6 Å². The highest BCUT2D eigenvalue weighted by Crippen LogP contribution is 2.28. The van der Waals surface area contributed by atoms with E-state index in [2.05, 4.69) is 5.32 Å². The second-order valence-corrected chi connectivity index (χ2v) is 5.90. The molecule has 0 saturated carbocycles. The minimum Gasteiger partial charge on any atom is -0.497 e. The number of carbonyl (C=O) groups excluding carboxylic acids is 1. The molecule has 0 radical (unpaired) electrons. The second-order valence-electron chi connectivity index (χ2n) is 5.90. The van der Waals surface area contributed by atoms with E-state index in [1.54, 1.807) is 14.2 Å². The van der Waals surface area contributed by atoms with Gasteiger partial charge in [-0.3, -0.25) is 4.79 Å². The number of hydrogen-bond donors (Lipinski definition) is 1. The van der Waals surface area contributed by atoms with E-state index in [4.69, 9.17) is 14.2 Å². The number of ether oxygens (including phenoxy) is 3. The molecular formula is C21H27NO4. The van der Waals surface area contributed by atoms with E-state index < -0.39 is 0 Å². The molecule has 1 N–H and O–H groups in total. The molecule has 2 aromatic rings. The maximum atomic E-state index is 12.0. The minimum atomic E-state index is 0.0273. The van der Waals surface area contributed by atoms with Crippen LogP contribution in [0.4, 0.5) is 0 Å². The van der Waals surface area contributed by atoms with E-state index in [0.717, 1.165) is 41.2 Å². The van der Waals surface area contributed by atoms with E-state index in [1.165, 1.54) is 0 Å². The summed E-state index contributed by atoms with van der Waals surface area (Å²) in [6.45, 7) is 3.20. The fourth-order valence-electron chi connectivity index (χ4n) is 2.65. The first-order valence-corrected chi connectivity index (χ1v) is 8.85. The van der Waals surface area contributed by atoms with E-state index in [9.17, 15) is 4.79 Å². The number of methoxy groups -OCH3 is 2. The summed E-state index contributed by atoms with van der Waals surface area (Å²) >= 11 is 0. The molecule has 2 aromatic carbocycles. The van der Waals surface area contributed by atoms with Gasteiger partial charge in [0.05, 0.1) is 27.2 Å². The fraction of sp³-hybridized carbons (Fsp3) is 0.381. The Bertz CT molecular complexity index is 698. The van der Waals surface area contributed by atoms with Crippen molar-refractivity contribution >= 4 is 5.91 Å². The predicted octanol–water partition coefficient (Wildman–Crippen LogP) is 3.39. The summed E-state index contributed by atoms with van der Waals surface area (Å²) < 4.78 is 16.0. The molecule has 0 aliphatic carbocycles. The van der Waals surface area contributed by atoms with Crippen molar-refractivity contribution in [2.75, 3.05) is 27.4 Å². The molecule has 0 aliphatic heterocycles. The van der Waals surface area contributed by atoms with Gasteiger partial charge in [-0.15, -0.1) is 0 Å². The number of rotatable bonds is 10. The maximum absolute atomic E-state index is 12.0. The number of hydrogen-bond acceptors (Lipinski definition) is 4. The molecule has 140 valence electrons. The van der Waals surface area contributed by atoms with Crippen molar-refractivity contribution in [1.29, 1.82) is 0 Å². The highest BCUT2D eigenvalue weighted by atomic mass is 16.5. The van der Waals surface area contributed by atoms with E-state index in [1.807, 2.05) is 49.4 Å². The highest BCUT2D eigenvalue weighted by molar-refractivity contribution is 5.78.